The maximum Gasteiger partial charge on any atom is 0.123 e. The first-order chi connectivity index (χ1) is 10.2. The van der Waals surface area contributed by atoms with Crippen molar-refractivity contribution in [3.05, 3.63) is 64.7 Å². The van der Waals surface area contributed by atoms with Crippen molar-refractivity contribution >= 4 is 24.0 Å². The Morgan fingerprint density at radius 1 is 1.14 bits per heavy atom. The Morgan fingerprint density at radius 2 is 1.77 bits per heavy atom. The lowest BCUT2D eigenvalue weighted by molar-refractivity contribution is 0.414. The van der Waals surface area contributed by atoms with Gasteiger partial charge in [-0.25, -0.2) is 0 Å². The topological polar surface area (TPSA) is 45.0 Å². The maximum atomic E-state index is 9.39. The largest absolute Gasteiger partial charge is 0.497 e. The van der Waals surface area contributed by atoms with E-state index in [9.17, 15) is 5.26 Å². The molecule has 2 rings (SSSR count). The number of nitrogens with zero attached hydrogens (tertiary/aromatic N) is 1. The number of benzene rings is 2. The van der Waals surface area contributed by atoms with Crippen molar-refractivity contribution in [3.8, 4) is 11.8 Å². The fourth-order valence-corrected chi connectivity index (χ4v) is 2.39. The summed E-state index contributed by atoms with van der Waals surface area (Å²) in [6.45, 7) is 2.02. The van der Waals surface area contributed by atoms with Crippen LogP contribution in [0.5, 0.6) is 5.75 Å². The average Bonchev–Trinajstić information content (AvgIpc) is 2.53. The zero-order chi connectivity index (χ0) is 15.2. The highest BCUT2D eigenvalue weighted by Crippen LogP contribution is 2.25. The van der Waals surface area contributed by atoms with E-state index in [0.29, 0.717) is 5.02 Å². The van der Waals surface area contributed by atoms with Crippen LogP contribution < -0.4 is 10.1 Å². The van der Waals surface area contributed by atoms with Gasteiger partial charge in [-0.3, -0.25) is 5.32 Å². The predicted molar refractivity (Wildman–Crippen MR) is 91.6 cm³/mol. The molecule has 0 aromatic heterocycles. The van der Waals surface area contributed by atoms with Crippen LogP contribution in [0.4, 0.5) is 0 Å². The Balaban J connectivity index is 0.00000242. The second kappa shape index (κ2) is 8.65. The van der Waals surface area contributed by atoms with Crippen molar-refractivity contribution in [2.75, 3.05) is 7.11 Å². The number of methoxy groups -OCH3 is 1. The molecule has 2 aromatic rings. The molecule has 22 heavy (non-hydrogen) atoms. The summed E-state index contributed by atoms with van der Waals surface area (Å²) in [5, 5.41) is 13.3. The van der Waals surface area contributed by atoms with Gasteiger partial charge in [0.25, 0.3) is 0 Å². The molecular formula is C17H18Cl2N2O. The smallest absolute Gasteiger partial charge is 0.123 e. The number of nitriles is 1. The van der Waals surface area contributed by atoms with Gasteiger partial charge in [0.2, 0.25) is 0 Å². The first-order valence-electron chi connectivity index (χ1n) is 6.69. The molecule has 116 valence electrons. The van der Waals surface area contributed by atoms with Crippen LogP contribution in [0, 0.1) is 11.3 Å². The first-order valence-corrected chi connectivity index (χ1v) is 7.07. The third-order valence-electron chi connectivity index (χ3n) is 3.38. The molecule has 1 N–H and O–H groups in total. The highest BCUT2D eigenvalue weighted by molar-refractivity contribution is 6.31. The molecule has 0 aliphatic rings. The number of nitrogens with one attached hydrogen (secondary N) is 1. The Labute approximate surface area is 142 Å². The lowest BCUT2D eigenvalue weighted by Gasteiger charge is -2.20. The molecule has 0 unspecified atom stereocenters. The third kappa shape index (κ3) is 4.38. The van der Waals surface area contributed by atoms with Crippen LogP contribution in [-0.4, -0.2) is 7.11 Å². The minimum absolute atomic E-state index is 0. The number of ether oxygens (including phenoxy) is 1. The highest BCUT2D eigenvalue weighted by Gasteiger charge is 2.17. The number of halogens is 2. The molecule has 0 radical (unpaired) electrons. The summed E-state index contributed by atoms with van der Waals surface area (Å²) in [6.07, 6.45) is 0. The minimum Gasteiger partial charge on any atom is -0.497 e. The van der Waals surface area contributed by atoms with E-state index < -0.39 is 6.04 Å². The van der Waals surface area contributed by atoms with E-state index in [-0.39, 0.29) is 18.4 Å². The lowest BCUT2D eigenvalue weighted by atomic mass is 10.0. The predicted octanol–water partition coefficient (Wildman–Crippen LogP) is 4.69. The van der Waals surface area contributed by atoms with Crippen LogP contribution in [0.3, 0.4) is 0 Å². The van der Waals surface area contributed by atoms with Crippen molar-refractivity contribution < 1.29 is 4.74 Å². The van der Waals surface area contributed by atoms with Gasteiger partial charge in [-0.05, 0) is 30.7 Å². The van der Waals surface area contributed by atoms with Gasteiger partial charge >= 0.3 is 0 Å². The zero-order valence-electron chi connectivity index (χ0n) is 12.4. The van der Waals surface area contributed by atoms with Gasteiger partial charge in [0.15, 0.2) is 0 Å². The van der Waals surface area contributed by atoms with Crippen LogP contribution in [0.15, 0.2) is 48.5 Å². The number of hydrogen-bond donors (Lipinski definition) is 1. The molecule has 0 saturated carbocycles. The van der Waals surface area contributed by atoms with E-state index in [1.807, 2.05) is 49.4 Å². The van der Waals surface area contributed by atoms with Crippen LogP contribution in [-0.2, 0) is 0 Å². The fourth-order valence-electron chi connectivity index (χ4n) is 2.14. The molecule has 0 fully saturated rings. The van der Waals surface area contributed by atoms with E-state index in [1.165, 1.54) is 0 Å². The van der Waals surface area contributed by atoms with E-state index >= 15 is 0 Å². The van der Waals surface area contributed by atoms with Crippen molar-refractivity contribution in [1.82, 2.24) is 5.32 Å². The highest BCUT2D eigenvalue weighted by atomic mass is 35.5. The van der Waals surface area contributed by atoms with Crippen LogP contribution in [0.25, 0.3) is 0 Å². The van der Waals surface area contributed by atoms with E-state index in [4.69, 9.17) is 16.3 Å². The van der Waals surface area contributed by atoms with Gasteiger partial charge in [0, 0.05) is 16.6 Å². The van der Waals surface area contributed by atoms with E-state index in [1.54, 1.807) is 13.2 Å². The quantitative estimate of drug-likeness (QED) is 0.861. The molecule has 2 aromatic carbocycles. The molecule has 2 atom stereocenters. The summed E-state index contributed by atoms with van der Waals surface area (Å²) >= 11 is 6.16. The van der Waals surface area contributed by atoms with Gasteiger partial charge in [0.1, 0.15) is 11.8 Å². The molecule has 0 heterocycles. The Bertz CT molecular complexity index is 638. The van der Waals surface area contributed by atoms with E-state index in [0.717, 1.165) is 16.9 Å². The van der Waals surface area contributed by atoms with Crippen LogP contribution in [0.2, 0.25) is 5.02 Å². The summed E-state index contributed by atoms with van der Waals surface area (Å²) in [7, 11) is 1.64. The van der Waals surface area contributed by atoms with Crippen LogP contribution in [0.1, 0.15) is 30.1 Å². The van der Waals surface area contributed by atoms with Crippen LogP contribution >= 0.6 is 24.0 Å². The second-order valence-electron chi connectivity index (χ2n) is 4.75. The Hall–Kier alpha value is -1.73. The van der Waals surface area contributed by atoms with E-state index in [2.05, 4.69) is 11.4 Å². The third-order valence-corrected chi connectivity index (χ3v) is 3.72. The summed E-state index contributed by atoms with van der Waals surface area (Å²) < 4.78 is 5.15. The second-order valence-corrected chi connectivity index (χ2v) is 5.15. The molecule has 3 nitrogen and oxygen atoms in total. The monoisotopic (exact) mass is 336 g/mol. The molecule has 0 spiro atoms. The fraction of sp³-hybridized carbons (Fsp3) is 0.235. The normalized spacial score (nSPS) is 12.6. The standard InChI is InChI=1S/C17H17ClN2O.ClH/c1-12(13-7-9-14(21-2)10-8-13)20-17(11-19)15-5-3-4-6-16(15)18;/h3-10,12,17,20H,1-2H3;1H/t12-,17+;/m0./s1. The summed E-state index contributed by atoms with van der Waals surface area (Å²) in [6, 6.07) is 17.0. The molecule has 0 amide bonds. The SMILES string of the molecule is COc1ccc([C@H](C)N[C@H](C#N)c2ccccc2Cl)cc1.Cl. The van der Waals surface area contributed by atoms with Crippen molar-refractivity contribution in [3.63, 3.8) is 0 Å². The molecule has 0 aliphatic carbocycles. The van der Waals surface area contributed by atoms with Gasteiger partial charge < -0.3 is 4.74 Å². The number of rotatable bonds is 5. The minimum atomic E-state index is -0.448. The molecule has 0 aliphatic heterocycles. The van der Waals surface area contributed by atoms with Crippen molar-refractivity contribution in [2.45, 2.75) is 19.0 Å². The zero-order valence-corrected chi connectivity index (χ0v) is 14.0. The average molecular weight is 337 g/mol. The Kier molecular flexibility index (Phi) is 7.20. The number of hydrogen-bond acceptors (Lipinski definition) is 3. The molecular weight excluding hydrogens is 319 g/mol. The van der Waals surface area contributed by atoms with Gasteiger partial charge in [-0.2, -0.15) is 5.26 Å². The molecule has 0 bridgehead atoms. The summed E-state index contributed by atoms with van der Waals surface area (Å²) in [4.78, 5) is 0. The summed E-state index contributed by atoms with van der Waals surface area (Å²) in [5.41, 5.74) is 1.88. The van der Waals surface area contributed by atoms with Gasteiger partial charge in [-0.1, -0.05) is 41.9 Å². The van der Waals surface area contributed by atoms with Gasteiger partial charge in [0.05, 0.1) is 13.2 Å². The van der Waals surface area contributed by atoms with Crippen molar-refractivity contribution in [1.29, 1.82) is 5.26 Å². The Morgan fingerprint density at radius 3 is 2.32 bits per heavy atom. The molecule has 5 heteroatoms. The van der Waals surface area contributed by atoms with Gasteiger partial charge in [-0.15, -0.1) is 12.4 Å². The first kappa shape index (κ1) is 18.3. The summed E-state index contributed by atoms with van der Waals surface area (Å²) in [5.74, 6) is 0.814. The lowest BCUT2D eigenvalue weighted by Crippen LogP contribution is -2.23. The molecule has 0 saturated heterocycles. The van der Waals surface area contributed by atoms with Crippen molar-refractivity contribution in [2.24, 2.45) is 0 Å². The maximum absolute atomic E-state index is 9.39.